The molecule has 1 aromatic carbocycles. The molecule has 1 aliphatic carbocycles. The normalized spacial score (nSPS) is 25.2. The molecule has 0 spiro atoms. The summed E-state index contributed by atoms with van der Waals surface area (Å²) in [4.78, 5) is 25.8. The number of amides is 1. The third-order valence-corrected chi connectivity index (χ3v) is 5.64. The molecule has 1 aromatic rings. The Kier molecular flexibility index (Phi) is 7.91. The van der Waals surface area contributed by atoms with Crippen molar-refractivity contribution in [1.29, 1.82) is 0 Å². The zero-order valence-electron chi connectivity index (χ0n) is 15.1. The van der Waals surface area contributed by atoms with Gasteiger partial charge < -0.3 is 10.4 Å². The molecule has 2 N–H and O–H groups in total. The number of nitrogens with zero attached hydrogens (tertiary/aromatic N) is 1. The number of rotatable bonds is 7. The van der Waals surface area contributed by atoms with E-state index in [2.05, 4.69) is 17.4 Å². The summed E-state index contributed by atoms with van der Waals surface area (Å²) in [5, 5.41) is 12.5. The van der Waals surface area contributed by atoms with Gasteiger partial charge in [-0.3, -0.25) is 14.5 Å². The maximum atomic E-state index is 12.3. The van der Waals surface area contributed by atoms with Crippen molar-refractivity contribution >= 4 is 24.3 Å². The number of benzene rings is 1. The molecule has 1 amide bonds. The molecular weight excluding hydrogens is 352 g/mol. The number of carbonyl (C=O) groups is 2. The van der Waals surface area contributed by atoms with Gasteiger partial charge in [-0.15, -0.1) is 12.4 Å². The Labute approximate surface area is 161 Å². The van der Waals surface area contributed by atoms with Crippen LogP contribution >= 0.6 is 12.4 Å². The maximum absolute atomic E-state index is 12.3. The predicted molar refractivity (Wildman–Crippen MR) is 104 cm³/mol. The van der Waals surface area contributed by atoms with E-state index in [1.54, 1.807) is 0 Å². The van der Waals surface area contributed by atoms with E-state index in [0.717, 1.165) is 32.1 Å². The molecule has 0 bridgehead atoms. The first-order valence-electron chi connectivity index (χ1n) is 9.44. The third-order valence-electron chi connectivity index (χ3n) is 5.64. The molecule has 1 heterocycles. The molecule has 26 heavy (non-hydrogen) atoms. The van der Waals surface area contributed by atoms with E-state index >= 15 is 0 Å². The Balaban J connectivity index is 0.00000243. The molecule has 0 radical (unpaired) electrons. The van der Waals surface area contributed by atoms with Crippen LogP contribution in [-0.4, -0.2) is 47.1 Å². The van der Waals surface area contributed by atoms with Gasteiger partial charge in [0.05, 0.1) is 6.54 Å². The first-order chi connectivity index (χ1) is 12.1. The Hall–Kier alpha value is -1.59. The van der Waals surface area contributed by atoms with Crippen LogP contribution in [0.25, 0.3) is 0 Å². The van der Waals surface area contributed by atoms with Crippen LogP contribution in [0.15, 0.2) is 30.3 Å². The summed E-state index contributed by atoms with van der Waals surface area (Å²) in [5.41, 5.74) is 1.27. The second-order valence-electron chi connectivity index (χ2n) is 7.31. The molecule has 1 saturated carbocycles. The van der Waals surface area contributed by atoms with Gasteiger partial charge in [0.15, 0.2) is 0 Å². The van der Waals surface area contributed by atoms with Gasteiger partial charge in [0.2, 0.25) is 5.91 Å². The predicted octanol–water partition coefficient (Wildman–Crippen LogP) is 2.87. The number of aliphatic carboxylic acids is 1. The second kappa shape index (κ2) is 9.93. The van der Waals surface area contributed by atoms with Gasteiger partial charge in [0, 0.05) is 12.6 Å². The third kappa shape index (κ3) is 5.21. The SMILES string of the molecule is Cl.O=C(CN1C(C(=O)O)CC2CCCCC21)NCCCc1ccccc1. The summed E-state index contributed by atoms with van der Waals surface area (Å²) in [6.07, 6.45) is 6.98. The highest BCUT2D eigenvalue weighted by Gasteiger charge is 2.45. The zero-order valence-corrected chi connectivity index (χ0v) is 15.9. The minimum absolute atomic E-state index is 0. The number of nitrogens with one attached hydrogen (secondary N) is 1. The number of likely N-dealkylation sites (tertiary alicyclic amines) is 1. The van der Waals surface area contributed by atoms with Crippen LogP contribution in [0.1, 0.15) is 44.1 Å². The summed E-state index contributed by atoms with van der Waals surface area (Å²) in [6.45, 7) is 0.844. The van der Waals surface area contributed by atoms with Crippen LogP contribution in [0, 0.1) is 5.92 Å². The molecular formula is C20H29ClN2O3. The van der Waals surface area contributed by atoms with E-state index in [0.29, 0.717) is 18.9 Å². The summed E-state index contributed by atoms with van der Waals surface area (Å²) >= 11 is 0. The topological polar surface area (TPSA) is 69.6 Å². The van der Waals surface area contributed by atoms with Crippen molar-refractivity contribution in [2.24, 2.45) is 5.92 Å². The Morgan fingerprint density at radius 1 is 1.15 bits per heavy atom. The van der Waals surface area contributed by atoms with Crippen LogP contribution in [0.3, 0.4) is 0 Å². The van der Waals surface area contributed by atoms with Crippen molar-refractivity contribution in [2.45, 2.75) is 57.0 Å². The standard InChI is InChI=1S/C20H28N2O3.ClH/c23-19(21-12-6-9-15-7-2-1-3-8-15)14-22-17-11-5-4-10-16(17)13-18(22)20(24)25;/h1-3,7-8,16-18H,4-6,9-14H2,(H,21,23)(H,24,25);1H. The Morgan fingerprint density at radius 2 is 1.88 bits per heavy atom. The van der Waals surface area contributed by atoms with Crippen molar-refractivity contribution in [3.05, 3.63) is 35.9 Å². The van der Waals surface area contributed by atoms with E-state index in [1.807, 2.05) is 23.1 Å². The number of halogens is 1. The van der Waals surface area contributed by atoms with Crippen LogP contribution in [-0.2, 0) is 16.0 Å². The zero-order chi connectivity index (χ0) is 17.6. The summed E-state index contributed by atoms with van der Waals surface area (Å²) in [6, 6.07) is 9.99. The number of hydrogen-bond acceptors (Lipinski definition) is 3. The lowest BCUT2D eigenvalue weighted by molar-refractivity contribution is -0.143. The molecule has 3 unspecified atom stereocenters. The molecule has 1 saturated heterocycles. The van der Waals surface area contributed by atoms with E-state index < -0.39 is 12.0 Å². The number of fused-ring (bicyclic) bond motifs is 1. The average molecular weight is 381 g/mol. The number of aryl methyl sites for hydroxylation is 1. The van der Waals surface area contributed by atoms with Gasteiger partial charge in [-0.05, 0) is 43.6 Å². The van der Waals surface area contributed by atoms with Crippen LogP contribution in [0.4, 0.5) is 0 Å². The summed E-state index contributed by atoms with van der Waals surface area (Å²) in [7, 11) is 0. The largest absolute Gasteiger partial charge is 0.480 e. The maximum Gasteiger partial charge on any atom is 0.320 e. The lowest BCUT2D eigenvalue weighted by atomic mass is 9.85. The van der Waals surface area contributed by atoms with Crippen molar-refractivity contribution in [3.8, 4) is 0 Å². The minimum Gasteiger partial charge on any atom is -0.480 e. The molecule has 3 rings (SSSR count). The molecule has 2 fully saturated rings. The van der Waals surface area contributed by atoms with Crippen LogP contribution in [0.5, 0.6) is 0 Å². The molecule has 1 aliphatic heterocycles. The smallest absolute Gasteiger partial charge is 0.320 e. The van der Waals surface area contributed by atoms with Gasteiger partial charge in [-0.1, -0.05) is 43.2 Å². The average Bonchev–Trinajstić information content (AvgIpc) is 2.99. The summed E-state index contributed by atoms with van der Waals surface area (Å²) < 4.78 is 0. The highest BCUT2D eigenvalue weighted by Crippen LogP contribution is 2.39. The van der Waals surface area contributed by atoms with E-state index in [1.165, 1.54) is 12.0 Å². The van der Waals surface area contributed by atoms with E-state index in [4.69, 9.17) is 0 Å². The molecule has 6 heteroatoms. The Bertz CT molecular complexity index is 596. The second-order valence-corrected chi connectivity index (χ2v) is 7.31. The van der Waals surface area contributed by atoms with Gasteiger partial charge in [-0.25, -0.2) is 0 Å². The van der Waals surface area contributed by atoms with Crippen LogP contribution < -0.4 is 5.32 Å². The highest BCUT2D eigenvalue weighted by atomic mass is 35.5. The van der Waals surface area contributed by atoms with Crippen molar-refractivity contribution in [1.82, 2.24) is 10.2 Å². The van der Waals surface area contributed by atoms with Crippen molar-refractivity contribution in [2.75, 3.05) is 13.1 Å². The Morgan fingerprint density at radius 3 is 2.62 bits per heavy atom. The fourth-order valence-corrected chi connectivity index (χ4v) is 4.41. The first-order valence-corrected chi connectivity index (χ1v) is 9.44. The number of carboxylic acids is 1. The summed E-state index contributed by atoms with van der Waals surface area (Å²) in [5.74, 6) is -0.391. The minimum atomic E-state index is -0.786. The molecule has 5 nitrogen and oxygen atoms in total. The molecule has 144 valence electrons. The lowest BCUT2D eigenvalue weighted by Gasteiger charge is -2.32. The van der Waals surface area contributed by atoms with Gasteiger partial charge in [-0.2, -0.15) is 0 Å². The fourth-order valence-electron chi connectivity index (χ4n) is 4.41. The van der Waals surface area contributed by atoms with Crippen molar-refractivity contribution < 1.29 is 14.7 Å². The molecule has 0 aromatic heterocycles. The number of hydrogen-bond donors (Lipinski definition) is 2. The van der Waals surface area contributed by atoms with E-state index in [-0.39, 0.29) is 30.9 Å². The van der Waals surface area contributed by atoms with E-state index in [9.17, 15) is 14.7 Å². The van der Waals surface area contributed by atoms with Gasteiger partial charge in [0.1, 0.15) is 6.04 Å². The first kappa shape index (κ1) is 20.7. The highest BCUT2D eigenvalue weighted by molar-refractivity contribution is 5.85. The van der Waals surface area contributed by atoms with Crippen molar-refractivity contribution in [3.63, 3.8) is 0 Å². The van der Waals surface area contributed by atoms with Crippen LogP contribution in [0.2, 0.25) is 0 Å². The molecule has 3 atom stereocenters. The fraction of sp³-hybridized carbons (Fsp3) is 0.600. The number of carboxylic acid groups (broad SMARTS) is 1. The quantitative estimate of drug-likeness (QED) is 0.713. The monoisotopic (exact) mass is 380 g/mol. The van der Waals surface area contributed by atoms with Gasteiger partial charge in [0.25, 0.3) is 0 Å². The van der Waals surface area contributed by atoms with Gasteiger partial charge >= 0.3 is 5.97 Å². The lowest BCUT2D eigenvalue weighted by Crippen LogP contribution is -2.47. The molecule has 2 aliphatic rings. The number of carbonyl (C=O) groups excluding carboxylic acids is 1.